The van der Waals surface area contributed by atoms with Crippen LogP contribution in [-0.2, 0) is 14.4 Å². The van der Waals surface area contributed by atoms with Crippen molar-refractivity contribution in [2.24, 2.45) is 23.5 Å². The minimum Gasteiger partial charge on any atom is -0.386 e. The third-order valence-corrected chi connectivity index (χ3v) is 6.86. The fraction of sp³-hybridized carbons (Fsp3) is 0.536. The number of alkyl halides is 1. The lowest BCUT2D eigenvalue weighted by Crippen LogP contribution is -2.45. The van der Waals surface area contributed by atoms with Crippen LogP contribution in [0.1, 0.15) is 68.3 Å². The van der Waals surface area contributed by atoms with Crippen molar-refractivity contribution >= 4 is 23.3 Å². The van der Waals surface area contributed by atoms with Crippen LogP contribution in [0.15, 0.2) is 36.7 Å². The zero-order chi connectivity index (χ0) is 27.5. The van der Waals surface area contributed by atoms with Gasteiger partial charge in [0.05, 0.1) is 23.5 Å². The molecule has 0 unspecified atom stereocenters. The van der Waals surface area contributed by atoms with Crippen molar-refractivity contribution in [2.75, 3.05) is 19.8 Å². The molecule has 1 aromatic carbocycles. The third-order valence-electron chi connectivity index (χ3n) is 6.86. The highest BCUT2D eigenvalue weighted by Crippen LogP contribution is 2.28. The van der Waals surface area contributed by atoms with Gasteiger partial charge >= 0.3 is 0 Å². The molecule has 0 bridgehead atoms. The molecule has 1 aromatic rings. The predicted octanol–water partition coefficient (Wildman–Crippen LogP) is 3.31. The summed E-state index contributed by atoms with van der Waals surface area (Å²) in [6.45, 7) is 6.94. The van der Waals surface area contributed by atoms with Gasteiger partial charge in [-0.2, -0.15) is 5.26 Å². The Bertz CT molecular complexity index is 1050. The molecule has 1 amide bonds. The van der Waals surface area contributed by atoms with Gasteiger partial charge in [-0.3, -0.25) is 19.2 Å². The molecule has 9 heteroatoms. The van der Waals surface area contributed by atoms with Crippen LogP contribution in [0.2, 0.25) is 0 Å². The molecule has 200 valence electrons. The number of nitriles is 1. The number of halogens is 1. The minimum absolute atomic E-state index is 0.0365. The Kier molecular flexibility index (Phi) is 11.4. The molecule has 0 spiro atoms. The number of benzene rings is 1. The number of rotatable bonds is 15. The van der Waals surface area contributed by atoms with Crippen LogP contribution in [0.25, 0.3) is 0 Å². The number of nitrogens with one attached hydrogen (secondary N) is 1. The Morgan fingerprint density at radius 3 is 2.62 bits per heavy atom. The Balaban J connectivity index is 2.10. The van der Waals surface area contributed by atoms with E-state index in [4.69, 9.17) is 11.0 Å². The maximum Gasteiger partial charge on any atom is 0.227 e. The number of ketones is 3. The van der Waals surface area contributed by atoms with Crippen molar-refractivity contribution in [3.05, 3.63) is 47.8 Å². The number of hydrogen-bond donors (Lipinski definition) is 2. The largest absolute Gasteiger partial charge is 0.386 e. The summed E-state index contributed by atoms with van der Waals surface area (Å²) in [5, 5.41) is 12.0. The summed E-state index contributed by atoms with van der Waals surface area (Å²) in [5.74, 6) is -2.66. The van der Waals surface area contributed by atoms with Gasteiger partial charge in [0.15, 0.2) is 17.3 Å². The minimum atomic E-state index is -1.15. The predicted molar refractivity (Wildman–Crippen MR) is 138 cm³/mol. The van der Waals surface area contributed by atoms with Crippen LogP contribution in [0.5, 0.6) is 0 Å². The average molecular weight is 513 g/mol. The number of nitrogens with two attached hydrogens (primary N) is 1. The summed E-state index contributed by atoms with van der Waals surface area (Å²) in [7, 11) is 0. The molecule has 3 N–H and O–H groups in total. The van der Waals surface area contributed by atoms with Crippen molar-refractivity contribution < 1.29 is 23.6 Å². The summed E-state index contributed by atoms with van der Waals surface area (Å²) in [4.78, 5) is 53.4. The molecule has 1 aliphatic rings. The number of amides is 1. The molecule has 0 saturated carbocycles. The number of likely N-dealkylation sites (tertiary alicyclic amines) is 1. The van der Waals surface area contributed by atoms with Crippen LogP contribution in [0.4, 0.5) is 4.39 Å². The molecule has 1 fully saturated rings. The number of Topliss-reactive ketones (excluding diaryl/α,β-unsaturated/α-hetero) is 3. The van der Waals surface area contributed by atoms with Crippen molar-refractivity contribution in [1.82, 2.24) is 10.2 Å². The van der Waals surface area contributed by atoms with Crippen molar-refractivity contribution in [3.63, 3.8) is 0 Å². The van der Waals surface area contributed by atoms with Gasteiger partial charge in [-0.15, -0.1) is 0 Å². The van der Waals surface area contributed by atoms with E-state index in [9.17, 15) is 23.6 Å². The first-order valence-corrected chi connectivity index (χ1v) is 12.7. The summed E-state index contributed by atoms with van der Waals surface area (Å²) >= 11 is 0. The first-order chi connectivity index (χ1) is 17.6. The highest BCUT2D eigenvalue weighted by atomic mass is 19.1. The van der Waals surface area contributed by atoms with Gasteiger partial charge < -0.3 is 16.0 Å². The van der Waals surface area contributed by atoms with Gasteiger partial charge in [0.1, 0.15) is 6.67 Å². The molecule has 1 heterocycles. The standard InChI is InChI=1S/C28H37FN4O4/c1-18(2)23(15-25(34)21-8-4-7-20(13-21)17-30)28(37)33-12-6-10-24(33)26(35)14-22(27(36)16-29)9-5-11-32-19(3)31/h4,7-8,13,18,22-24,32H,3,5-6,9-12,14-16,31H2,1-2H3/t22-,23+,24+/m1/s1. The molecular formula is C28H37FN4O4. The molecule has 1 saturated heterocycles. The van der Waals surface area contributed by atoms with Gasteiger partial charge in [0.2, 0.25) is 5.91 Å². The van der Waals surface area contributed by atoms with Crippen LogP contribution in [0.3, 0.4) is 0 Å². The second kappa shape index (κ2) is 14.3. The van der Waals surface area contributed by atoms with Crippen LogP contribution < -0.4 is 11.1 Å². The fourth-order valence-electron chi connectivity index (χ4n) is 4.73. The maximum atomic E-state index is 13.6. The molecule has 2 rings (SSSR count). The van der Waals surface area contributed by atoms with E-state index in [0.29, 0.717) is 55.7 Å². The van der Waals surface area contributed by atoms with Gasteiger partial charge in [-0.05, 0) is 43.7 Å². The molecule has 0 aliphatic carbocycles. The molecular weight excluding hydrogens is 475 g/mol. The zero-order valence-electron chi connectivity index (χ0n) is 21.7. The smallest absolute Gasteiger partial charge is 0.227 e. The van der Waals surface area contributed by atoms with Gasteiger partial charge in [0.25, 0.3) is 0 Å². The average Bonchev–Trinajstić information content (AvgIpc) is 3.37. The lowest BCUT2D eigenvalue weighted by Gasteiger charge is -2.30. The van der Waals surface area contributed by atoms with Crippen LogP contribution >= 0.6 is 0 Å². The maximum absolute atomic E-state index is 13.6. The second-order valence-electron chi connectivity index (χ2n) is 9.92. The third kappa shape index (κ3) is 8.52. The Morgan fingerprint density at radius 1 is 1.27 bits per heavy atom. The lowest BCUT2D eigenvalue weighted by atomic mass is 9.86. The molecule has 37 heavy (non-hydrogen) atoms. The first kappa shape index (κ1) is 29.7. The Hall–Kier alpha value is -3.54. The Morgan fingerprint density at radius 2 is 2.00 bits per heavy atom. The Labute approximate surface area is 218 Å². The molecule has 8 nitrogen and oxygen atoms in total. The summed E-state index contributed by atoms with van der Waals surface area (Å²) in [6.07, 6.45) is 1.77. The van der Waals surface area contributed by atoms with Crippen molar-refractivity contribution in [3.8, 4) is 6.07 Å². The molecule has 3 atom stereocenters. The zero-order valence-corrected chi connectivity index (χ0v) is 21.7. The monoisotopic (exact) mass is 512 g/mol. The second-order valence-corrected chi connectivity index (χ2v) is 9.92. The highest BCUT2D eigenvalue weighted by Gasteiger charge is 2.39. The molecule has 0 radical (unpaired) electrons. The number of carbonyl (C=O) groups is 4. The van der Waals surface area contributed by atoms with Gasteiger partial charge in [-0.25, -0.2) is 4.39 Å². The topological polar surface area (TPSA) is 133 Å². The van der Waals surface area contributed by atoms with E-state index < -0.39 is 30.3 Å². The van der Waals surface area contributed by atoms with E-state index in [2.05, 4.69) is 11.9 Å². The van der Waals surface area contributed by atoms with E-state index in [0.717, 1.165) is 0 Å². The number of carbonyl (C=O) groups excluding carboxylic acids is 4. The quantitative estimate of drug-likeness (QED) is 0.272. The van der Waals surface area contributed by atoms with Gasteiger partial charge in [0, 0.05) is 43.3 Å². The lowest BCUT2D eigenvalue weighted by molar-refractivity contribution is -0.142. The normalized spacial score (nSPS) is 16.6. The highest BCUT2D eigenvalue weighted by molar-refractivity contribution is 6.00. The number of hydrogen-bond acceptors (Lipinski definition) is 7. The number of nitrogens with zero attached hydrogens (tertiary/aromatic N) is 2. The molecule has 1 aliphatic heterocycles. The summed E-state index contributed by atoms with van der Waals surface area (Å²) < 4.78 is 13.2. The van der Waals surface area contributed by atoms with Crippen molar-refractivity contribution in [2.45, 2.75) is 58.4 Å². The van der Waals surface area contributed by atoms with E-state index in [1.54, 1.807) is 18.2 Å². The first-order valence-electron chi connectivity index (χ1n) is 12.7. The van der Waals surface area contributed by atoms with Crippen LogP contribution in [-0.4, -0.2) is 54.0 Å². The summed E-state index contributed by atoms with van der Waals surface area (Å²) in [5.41, 5.74) is 6.20. The fourth-order valence-corrected chi connectivity index (χ4v) is 4.73. The van der Waals surface area contributed by atoms with E-state index in [1.807, 2.05) is 19.9 Å². The van der Waals surface area contributed by atoms with E-state index >= 15 is 0 Å². The van der Waals surface area contributed by atoms with Crippen molar-refractivity contribution in [1.29, 1.82) is 5.26 Å². The molecule has 0 aromatic heterocycles. The van der Waals surface area contributed by atoms with Crippen LogP contribution in [0, 0.1) is 29.1 Å². The van der Waals surface area contributed by atoms with E-state index in [-0.39, 0.29) is 36.2 Å². The van der Waals surface area contributed by atoms with Gasteiger partial charge in [-0.1, -0.05) is 32.6 Å². The van der Waals surface area contributed by atoms with E-state index in [1.165, 1.54) is 11.0 Å². The SMILES string of the molecule is C=C(N)NCCC[C@H](CC(=O)[C@@H]1CCCN1C(=O)[C@@H](CC(=O)c1cccc(C#N)c1)C(C)C)C(=O)CF. The summed E-state index contributed by atoms with van der Waals surface area (Å²) in [6, 6.07) is 7.68.